The number of hydrogen-bond donors (Lipinski definition) is 1. The highest BCUT2D eigenvalue weighted by Gasteiger charge is 2.77. The Morgan fingerprint density at radius 2 is 1.78 bits per heavy atom. The Balaban J connectivity index is 1.59. The Kier molecular flexibility index (Phi) is 9.52. The highest BCUT2D eigenvalue weighted by atomic mass is 32.2. The van der Waals surface area contributed by atoms with E-state index in [-0.39, 0.29) is 48.6 Å². The molecule has 2 bridgehead atoms. The van der Waals surface area contributed by atoms with E-state index >= 15 is 0 Å². The maximum atomic E-state index is 14.9. The summed E-state index contributed by atoms with van der Waals surface area (Å²) in [6, 6.07) is 11.9. The molecule has 2 aromatic carbocycles. The Morgan fingerprint density at radius 3 is 2.40 bits per heavy atom. The minimum Gasteiger partial charge on any atom is -0.494 e. The molecule has 0 saturated carbocycles. The highest BCUT2D eigenvalue weighted by Crippen LogP contribution is 2.69. The van der Waals surface area contributed by atoms with Crippen LogP contribution in [0.5, 0.6) is 5.75 Å². The molecular formula is C36H45N3O5S. The molecule has 3 unspecified atom stereocenters. The van der Waals surface area contributed by atoms with Gasteiger partial charge in [-0.05, 0) is 81.5 Å². The van der Waals surface area contributed by atoms with Crippen molar-refractivity contribution in [1.29, 1.82) is 0 Å². The zero-order valence-corrected chi connectivity index (χ0v) is 27.8. The number of hydrogen-bond acceptors (Lipinski definition) is 6. The Hall–Kier alpha value is -3.56. The van der Waals surface area contributed by atoms with Crippen molar-refractivity contribution in [3.8, 4) is 5.75 Å². The van der Waals surface area contributed by atoms with E-state index in [4.69, 9.17) is 4.74 Å². The Labute approximate surface area is 271 Å². The van der Waals surface area contributed by atoms with Crippen LogP contribution in [0.25, 0.3) is 0 Å². The van der Waals surface area contributed by atoms with Crippen molar-refractivity contribution in [2.24, 2.45) is 17.8 Å². The number of ether oxygens (including phenoxy) is 1. The van der Waals surface area contributed by atoms with Gasteiger partial charge in [-0.2, -0.15) is 0 Å². The largest absolute Gasteiger partial charge is 0.494 e. The maximum absolute atomic E-state index is 14.9. The Bertz CT molecular complexity index is 1480. The number of carbonyl (C=O) groups is 3. The quantitative estimate of drug-likeness (QED) is 0.326. The lowest BCUT2D eigenvalue weighted by atomic mass is 9.65. The fourth-order valence-electron chi connectivity index (χ4n) is 7.70. The van der Waals surface area contributed by atoms with Gasteiger partial charge < -0.3 is 24.5 Å². The number of fused-ring (bicyclic) bond motifs is 1. The Morgan fingerprint density at radius 1 is 1.11 bits per heavy atom. The molecule has 8 nitrogen and oxygen atoms in total. The summed E-state index contributed by atoms with van der Waals surface area (Å²) in [5, 5.41) is 10.2. The zero-order valence-electron chi connectivity index (χ0n) is 26.9. The van der Waals surface area contributed by atoms with E-state index in [9.17, 15) is 19.5 Å². The number of benzene rings is 2. The van der Waals surface area contributed by atoms with Crippen molar-refractivity contribution >= 4 is 40.9 Å². The lowest BCUT2D eigenvalue weighted by Gasteiger charge is -2.42. The van der Waals surface area contributed by atoms with Gasteiger partial charge >= 0.3 is 0 Å². The number of nitrogens with zero attached hydrogens (tertiary/aromatic N) is 3. The third-order valence-corrected chi connectivity index (χ3v) is 11.8. The van der Waals surface area contributed by atoms with Crippen LogP contribution in [0.1, 0.15) is 38.3 Å². The topological polar surface area (TPSA) is 90.4 Å². The summed E-state index contributed by atoms with van der Waals surface area (Å²) in [6.07, 6.45) is 4.10. The van der Waals surface area contributed by atoms with Crippen LogP contribution in [-0.4, -0.2) is 76.1 Å². The van der Waals surface area contributed by atoms with Gasteiger partial charge in [0.1, 0.15) is 11.8 Å². The molecule has 3 saturated heterocycles. The molecule has 1 N–H and O–H groups in total. The number of amides is 3. The summed E-state index contributed by atoms with van der Waals surface area (Å²) in [4.78, 5) is 49.2. The highest BCUT2D eigenvalue weighted by molar-refractivity contribution is 8.02. The van der Waals surface area contributed by atoms with Crippen LogP contribution < -0.4 is 14.5 Å². The number of likely N-dealkylation sites (tertiary alicyclic amines) is 1. The molecule has 0 aromatic heterocycles. The molecule has 0 aliphatic carbocycles. The van der Waals surface area contributed by atoms with Crippen molar-refractivity contribution in [3.63, 3.8) is 0 Å². The van der Waals surface area contributed by atoms with Crippen LogP contribution in [0.4, 0.5) is 11.4 Å². The molecule has 9 heteroatoms. The summed E-state index contributed by atoms with van der Waals surface area (Å²) >= 11 is 1.63. The molecule has 240 valence electrons. The second-order valence-corrected chi connectivity index (χ2v) is 14.1. The fourth-order valence-corrected chi connectivity index (χ4v) is 10.1. The van der Waals surface area contributed by atoms with E-state index < -0.39 is 28.7 Å². The number of carbonyl (C=O) groups excluding carboxylic acids is 3. The average molecular weight is 632 g/mol. The first-order valence-corrected chi connectivity index (χ1v) is 16.7. The van der Waals surface area contributed by atoms with Crippen LogP contribution >= 0.6 is 11.8 Å². The number of anilines is 2. The SMILES string of the molecule is C=CCN(C(=O)[C@@H]1[C@@H]2CC(C)C3(S2)C(C(=O)N(CC=C)c2cc(C)ccc2C)N([C@H](C)CO)C(=O)[C@H]13)c1ccc(OCC)cc1. The summed E-state index contributed by atoms with van der Waals surface area (Å²) in [5.41, 5.74) is 3.43. The molecule has 3 heterocycles. The first-order chi connectivity index (χ1) is 21.5. The molecule has 45 heavy (non-hydrogen) atoms. The van der Waals surface area contributed by atoms with E-state index in [1.807, 2.05) is 63.2 Å². The van der Waals surface area contributed by atoms with Gasteiger partial charge in [-0.25, -0.2) is 0 Å². The maximum Gasteiger partial charge on any atom is 0.251 e. The van der Waals surface area contributed by atoms with E-state index in [1.165, 1.54) is 0 Å². The van der Waals surface area contributed by atoms with Crippen LogP contribution in [0.3, 0.4) is 0 Å². The monoisotopic (exact) mass is 631 g/mol. The van der Waals surface area contributed by atoms with Crippen molar-refractivity contribution in [1.82, 2.24) is 4.90 Å². The second-order valence-electron chi connectivity index (χ2n) is 12.5. The zero-order chi connectivity index (χ0) is 32.6. The molecule has 5 rings (SSSR count). The number of aliphatic hydroxyl groups excluding tert-OH is 1. The standard InChI is InChI=1S/C36H45N3O5S/c1-8-17-37(26-13-15-27(16-14-26)44-10-3)33(41)30-29-20-24(6)36(45-29)31(30)34(42)39(25(7)21-40)32(36)35(43)38(18-9-2)28-19-22(4)11-12-23(28)5/h8-9,11-16,19,24-25,29-32,40H,1-2,10,17-18,20-21H2,3-7H3/t24?,25-,29+,30-,31+,32?,36?/m1/s1. The van der Waals surface area contributed by atoms with Crippen molar-refractivity contribution in [2.75, 3.05) is 36.1 Å². The molecule has 7 atom stereocenters. The summed E-state index contributed by atoms with van der Waals surface area (Å²) in [7, 11) is 0. The van der Waals surface area contributed by atoms with Gasteiger partial charge in [-0.15, -0.1) is 24.9 Å². The van der Waals surface area contributed by atoms with Gasteiger partial charge in [0.2, 0.25) is 11.8 Å². The molecule has 2 aromatic rings. The summed E-state index contributed by atoms with van der Waals surface area (Å²) < 4.78 is 4.78. The molecular weight excluding hydrogens is 586 g/mol. The number of thioether (sulfide) groups is 1. The predicted molar refractivity (Wildman–Crippen MR) is 181 cm³/mol. The van der Waals surface area contributed by atoms with E-state index in [0.29, 0.717) is 24.5 Å². The van der Waals surface area contributed by atoms with Crippen LogP contribution in [0, 0.1) is 31.6 Å². The minimum atomic E-state index is -0.849. The summed E-state index contributed by atoms with van der Waals surface area (Å²) in [6.45, 7) is 18.4. The molecule has 3 aliphatic rings. The molecule has 1 spiro atoms. The first kappa shape index (κ1) is 32.8. The first-order valence-electron chi connectivity index (χ1n) is 15.8. The lowest BCUT2D eigenvalue weighted by molar-refractivity contribution is -0.141. The van der Waals surface area contributed by atoms with Crippen molar-refractivity contribution in [2.45, 2.75) is 63.1 Å². The van der Waals surface area contributed by atoms with Crippen LogP contribution in [-0.2, 0) is 14.4 Å². The second kappa shape index (κ2) is 13.0. The number of aryl methyl sites for hydroxylation is 2. The van der Waals surface area contributed by atoms with E-state index in [1.54, 1.807) is 45.5 Å². The third kappa shape index (κ3) is 5.37. The van der Waals surface area contributed by atoms with Gasteiger partial charge in [0.15, 0.2) is 0 Å². The molecule has 3 amide bonds. The predicted octanol–water partition coefficient (Wildman–Crippen LogP) is 5.16. The van der Waals surface area contributed by atoms with Gasteiger partial charge in [0.05, 0.1) is 35.8 Å². The molecule has 3 fully saturated rings. The van der Waals surface area contributed by atoms with E-state index in [0.717, 1.165) is 16.8 Å². The smallest absolute Gasteiger partial charge is 0.251 e. The van der Waals surface area contributed by atoms with Crippen LogP contribution in [0.15, 0.2) is 67.8 Å². The fraction of sp³-hybridized carbons (Fsp3) is 0.472. The lowest BCUT2D eigenvalue weighted by Crippen LogP contribution is -2.59. The minimum absolute atomic E-state index is 0.00198. The van der Waals surface area contributed by atoms with E-state index in [2.05, 4.69) is 20.1 Å². The number of aliphatic hydroxyl groups is 1. The van der Waals surface area contributed by atoms with Crippen LogP contribution in [0.2, 0.25) is 0 Å². The van der Waals surface area contributed by atoms with Gasteiger partial charge in [0, 0.05) is 29.7 Å². The molecule has 3 aliphatic heterocycles. The van der Waals surface area contributed by atoms with Crippen molar-refractivity contribution < 1.29 is 24.2 Å². The van der Waals surface area contributed by atoms with Gasteiger partial charge in [0.25, 0.3) is 5.91 Å². The van der Waals surface area contributed by atoms with Crippen molar-refractivity contribution in [3.05, 3.63) is 78.9 Å². The molecule has 0 radical (unpaired) electrons. The average Bonchev–Trinajstić information content (AvgIpc) is 3.63. The number of rotatable bonds is 12. The van der Waals surface area contributed by atoms with Gasteiger partial charge in [-0.1, -0.05) is 31.2 Å². The normalized spacial score (nSPS) is 27.2. The van der Waals surface area contributed by atoms with Gasteiger partial charge in [-0.3, -0.25) is 14.4 Å². The third-order valence-electron chi connectivity index (χ3n) is 9.71. The summed E-state index contributed by atoms with van der Waals surface area (Å²) in [5.74, 6) is -1.20.